The highest BCUT2D eigenvalue weighted by Gasteiger charge is 2.34. The molecule has 0 radical (unpaired) electrons. The first-order valence-corrected chi connectivity index (χ1v) is 10.3. The summed E-state index contributed by atoms with van der Waals surface area (Å²) in [4.78, 5) is 24.8. The van der Waals surface area contributed by atoms with E-state index in [2.05, 4.69) is 21.3 Å². The van der Waals surface area contributed by atoms with Gasteiger partial charge >= 0.3 is 6.03 Å². The van der Waals surface area contributed by atoms with Crippen LogP contribution in [0.5, 0.6) is 0 Å². The molecule has 30 heavy (non-hydrogen) atoms. The van der Waals surface area contributed by atoms with Crippen molar-refractivity contribution < 1.29 is 9.59 Å². The van der Waals surface area contributed by atoms with Gasteiger partial charge in [0.15, 0.2) is 0 Å². The minimum Gasteiger partial charge on any atom is -0.326 e. The SMILES string of the molecule is Cc1ccc(NC(=O)Nc2ccccc2)cc1NC(=O)CC1CC2CCC(C1)N2.Cl. The largest absolute Gasteiger partial charge is 0.326 e. The lowest BCUT2D eigenvalue weighted by Crippen LogP contribution is -2.39. The molecule has 0 aromatic heterocycles. The summed E-state index contributed by atoms with van der Waals surface area (Å²) in [7, 11) is 0. The van der Waals surface area contributed by atoms with Crippen molar-refractivity contribution in [2.24, 2.45) is 5.92 Å². The van der Waals surface area contributed by atoms with Gasteiger partial charge in [-0.05, 0) is 68.4 Å². The van der Waals surface area contributed by atoms with E-state index in [1.807, 2.05) is 55.5 Å². The van der Waals surface area contributed by atoms with Gasteiger partial charge in [0.1, 0.15) is 0 Å². The van der Waals surface area contributed by atoms with Gasteiger partial charge in [0.25, 0.3) is 0 Å². The van der Waals surface area contributed by atoms with Crippen molar-refractivity contribution in [3.63, 3.8) is 0 Å². The Kier molecular flexibility index (Phi) is 7.34. The number of halogens is 1. The molecule has 2 unspecified atom stereocenters. The van der Waals surface area contributed by atoms with Crippen molar-refractivity contribution in [2.75, 3.05) is 16.0 Å². The molecule has 2 aromatic rings. The molecule has 2 aromatic carbocycles. The second-order valence-electron chi connectivity index (χ2n) is 8.20. The quantitative estimate of drug-likeness (QED) is 0.545. The summed E-state index contributed by atoms with van der Waals surface area (Å²) < 4.78 is 0. The van der Waals surface area contributed by atoms with Crippen molar-refractivity contribution in [2.45, 2.75) is 51.1 Å². The molecule has 2 aliphatic heterocycles. The van der Waals surface area contributed by atoms with Gasteiger partial charge in [0.2, 0.25) is 5.91 Å². The first kappa shape index (κ1) is 22.1. The minimum atomic E-state index is -0.317. The fourth-order valence-corrected chi connectivity index (χ4v) is 4.45. The zero-order valence-corrected chi connectivity index (χ0v) is 17.9. The third-order valence-electron chi connectivity index (χ3n) is 5.85. The standard InChI is InChI=1S/C23H28N4O2.ClH/c1-15-7-8-20(26-23(29)25-17-5-3-2-4-6-17)14-21(15)27-22(28)13-16-11-18-9-10-19(12-16)24-18;/h2-8,14,16,18-19,24H,9-13H2,1H3,(H,27,28)(H2,25,26,29);1H. The van der Waals surface area contributed by atoms with Crippen molar-refractivity contribution in [1.82, 2.24) is 5.32 Å². The molecule has 2 heterocycles. The summed E-state index contributed by atoms with van der Waals surface area (Å²) in [5.74, 6) is 0.498. The second kappa shape index (κ2) is 9.96. The number of carbonyl (C=O) groups is 2. The average molecular weight is 429 g/mol. The molecule has 2 aliphatic rings. The topological polar surface area (TPSA) is 82.3 Å². The molecule has 4 rings (SSSR count). The first-order valence-electron chi connectivity index (χ1n) is 10.3. The van der Waals surface area contributed by atoms with E-state index in [9.17, 15) is 9.59 Å². The van der Waals surface area contributed by atoms with Gasteiger partial charge in [-0.25, -0.2) is 4.79 Å². The summed E-state index contributed by atoms with van der Waals surface area (Å²) in [5, 5.41) is 12.3. The van der Waals surface area contributed by atoms with Crippen LogP contribution in [0.1, 0.15) is 37.7 Å². The summed E-state index contributed by atoms with van der Waals surface area (Å²) in [6, 6.07) is 15.7. The average Bonchev–Trinajstić information content (AvgIpc) is 3.03. The molecular weight excluding hydrogens is 400 g/mol. The number of benzene rings is 2. The van der Waals surface area contributed by atoms with Crippen LogP contribution in [0.4, 0.5) is 21.9 Å². The zero-order chi connectivity index (χ0) is 20.2. The summed E-state index contributed by atoms with van der Waals surface area (Å²) in [5.41, 5.74) is 3.07. The monoisotopic (exact) mass is 428 g/mol. The van der Waals surface area contributed by atoms with Gasteiger partial charge in [-0.15, -0.1) is 12.4 Å². The minimum absolute atomic E-state index is 0. The van der Waals surface area contributed by atoms with Crippen LogP contribution < -0.4 is 21.3 Å². The van der Waals surface area contributed by atoms with Crippen LogP contribution in [0.3, 0.4) is 0 Å². The smallest absolute Gasteiger partial charge is 0.323 e. The van der Waals surface area contributed by atoms with E-state index in [4.69, 9.17) is 0 Å². The summed E-state index contributed by atoms with van der Waals surface area (Å²) >= 11 is 0. The molecule has 2 saturated heterocycles. The third kappa shape index (κ3) is 5.74. The van der Waals surface area contributed by atoms with Crippen LogP contribution >= 0.6 is 12.4 Å². The van der Waals surface area contributed by atoms with Gasteiger partial charge in [0.05, 0.1) is 0 Å². The molecule has 160 valence electrons. The highest BCUT2D eigenvalue weighted by molar-refractivity contribution is 6.00. The van der Waals surface area contributed by atoms with E-state index in [1.54, 1.807) is 0 Å². The Labute approximate surface area is 183 Å². The molecule has 7 heteroatoms. The predicted octanol–water partition coefficient (Wildman–Crippen LogP) is 4.92. The molecule has 4 N–H and O–H groups in total. The number of aryl methyl sites for hydroxylation is 1. The van der Waals surface area contributed by atoms with Crippen molar-refractivity contribution in [3.8, 4) is 0 Å². The normalized spacial score (nSPS) is 22.0. The van der Waals surface area contributed by atoms with Crippen molar-refractivity contribution in [3.05, 3.63) is 54.1 Å². The Bertz CT molecular complexity index is 878. The molecule has 3 amide bonds. The number of hydrogen-bond donors (Lipinski definition) is 4. The van der Waals surface area contributed by atoms with E-state index >= 15 is 0 Å². The maximum absolute atomic E-state index is 12.6. The van der Waals surface area contributed by atoms with Crippen LogP contribution in [0, 0.1) is 12.8 Å². The first-order chi connectivity index (χ1) is 14.0. The fraction of sp³-hybridized carbons (Fsp3) is 0.391. The maximum atomic E-state index is 12.6. The van der Waals surface area contributed by atoms with E-state index in [0.29, 0.717) is 30.1 Å². The summed E-state index contributed by atoms with van der Waals surface area (Å²) in [6.45, 7) is 1.95. The Morgan fingerprint density at radius 2 is 1.60 bits per heavy atom. The summed E-state index contributed by atoms with van der Waals surface area (Å²) in [6.07, 6.45) is 5.20. The van der Waals surface area contributed by atoms with Crippen molar-refractivity contribution in [1.29, 1.82) is 0 Å². The van der Waals surface area contributed by atoms with E-state index in [-0.39, 0.29) is 24.3 Å². The third-order valence-corrected chi connectivity index (χ3v) is 5.85. The van der Waals surface area contributed by atoms with Crippen LogP contribution in [0.25, 0.3) is 0 Å². The van der Waals surface area contributed by atoms with Gasteiger partial charge in [0, 0.05) is 35.6 Å². The molecule has 0 saturated carbocycles. The Morgan fingerprint density at radius 3 is 2.30 bits per heavy atom. The molecule has 0 aliphatic carbocycles. The fourth-order valence-electron chi connectivity index (χ4n) is 4.45. The van der Waals surface area contributed by atoms with Crippen molar-refractivity contribution >= 4 is 41.4 Å². The maximum Gasteiger partial charge on any atom is 0.323 e. The molecule has 0 spiro atoms. The lowest BCUT2D eigenvalue weighted by molar-refractivity contribution is -0.117. The molecule has 2 atom stereocenters. The van der Waals surface area contributed by atoms with E-state index in [0.717, 1.165) is 29.8 Å². The number of amides is 3. The Morgan fingerprint density at radius 1 is 0.933 bits per heavy atom. The predicted molar refractivity (Wildman–Crippen MR) is 123 cm³/mol. The number of fused-ring (bicyclic) bond motifs is 2. The number of para-hydroxylation sites is 1. The van der Waals surface area contributed by atoms with Gasteiger partial charge in [-0.2, -0.15) is 0 Å². The van der Waals surface area contributed by atoms with E-state index < -0.39 is 0 Å². The molecular formula is C23H29ClN4O2. The highest BCUT2D eigenvalue weighted by Crippen LogP contribution is 2.33. The number of hydrogen-bond acceptors (Lipinski definition) is 3. The van der Waals surface area contributed by atoms with Crippen LogP contribution in [-0.2, 0) is 4.79 Å². The number of urea groups is 1. The zero-order valence-electron chi connectivity index (χ0n) is 17.1. The lowest BCUT2D eigenvalue weighted by atomic mass is 9.89. The number of piperidine rings is 1. The Balaban J connectivity index is 0.00000256. The number of anilines is 3. The lowest BCUT2D eigenvalue weighted by Gasteiger charge is -2.28. The van der Waals surface area contributed by atoms with Gasteiger partial charge < -0.3 is 21.3 Å². The number of carbonyl (C=O) groups excluding carboxylic acids is 2. The van der Waals surface area contributed by atoms with E-state index in [1.165, 1.54) is 12.8 Å². The van der Waals surface area contributed by atoms with Crippen LogP contribution in [0.2, 0.25) is 0 Å². The second-order valence-corrected chi connectivity index (χ2v) is 8.20. The number of nitrogens with one attached hydrogen (secondary N) is 4. The molecule has 6 nitrogen and oxygen atoms in total. The van der Waals surface area contributed by atoms with Crippen LogP contribution in [-0.4, -0.2) is 24.0 Å². The van der Waals surface area contributed by atoms with Gasteiger partial charge in [-0.1, -0.05) is 24.3 Å². The highest BCUT2D eigenvalue weighted by atomic mass is 35.5. The van der Waals surface area contributed by atoms with Crippen LogP contribution in [0.15, 0.2) is 48.5 Å². The number of rotatable bonds is 5. The Hall–Kier alpha value is -2.57. The van der Waals surface area contributed by atoms with Gasteiger partial charge in [-0.3, -0.25) is 4.79 Å². The molecule has 2 fully saturated rings. The molecule has 2 bridgehead atoms.